The van der Waals surface area contributed by atoms with Crippen LogP contribution in [0.1, 0.15) is 4.88 Å². The Kier molecular flexibility index (Phi) is 7.14. The molecule has 2 N–H and O–H groups in total. The van der Waals surface area contributed by atoms with E-state index >= 15 is 0 Å². The second kappa shape index (κ2) is 10.4. The summed E-state index contributed by atoms with van der Waals surface area (Å²) in [6.45, 7) is 5.35. The van der Waals surface area contributed by atoms with Crippen molar-refractivity contribution in [3.63, 3.8) is 0 Å². The van der Waals surface area contributed by atoms with Gasteiger partial charge in [0.2, 0.25) is 0 Å². The van der Waals surface area contributed by atoms with Gasteiger partial charge < -0.3 is 15.0 Å². The minimum atomic E-state index is -0.142. The first kappa shape index (κ1) is 20.6. The van der Waals surface area contributed by atoms with Crippen LogP contribution in [0.2, 0.25) is 0 Å². The first-order chi connectivity index (χ1) is 14.8. The van der Waals surface area contributed by atoms with Crippen molar-refractivity contribution in [1.29, 1.82) is 0 Å². The van der Waals surface area contributed by atoms with Gasteiger partial charge in [-0.25, -0.2) is 4.98 Å². The predicted octanol–water partition coefficient (Wildman–Crippen LogP) is 1.99. The molecule has 8 nitrogen and oxygen atoms in total. The number of nitrogens with zero attached hydrogens (tertiary/aromatic N) is 4. The van der Waals surface area contributed by atoms with Crippen LogP contribution < -0.4 is 20.1 Å². The second-order valence-corrected chi connectivity index (χ2v) is 8.70. The van der Waals surface area contributed by atoms with Gasteiger partial charge in [0, 0.05) is 32.4 Å². The Labute approximate surface area is 181 Å². The van der Waals surface area contributed by atoms with Gasteiger partial charge in [0.1, 0.15) is 4.66 Å². The molecule has 0 unspecified atom stereocenters. The van der Waals surface area contributed by atoms with Crippen LogP contribution in [-0.2, 0) is 4.74 Å². The Morgan fingerprint density at radius 2 is 2.07 bits per heavy atom. The molecule has 1 saturated heterocycles. The van der Waals surface area contributed by atoms with E-state index in [1.165, 1.54) is 22.7 Å². The van der Waals surface area contributed by atoms with E-state index in [9.17, 15) is 4.79 Å². The lowest BCUT2D eigenvalue weighted by Crippen LogP contribution is -2.38. The first-order valence-electron chi connectivity index (χ1n) is 9.63. The van der Waals surface area contributed by atoms with Gasteiger partial charge in [0.05, 0.1) is 34.5 Å². The first-order valence-corrected chi connectivity index (χ1v) is 11.3. The molecule has 2 aromatic heterocycles. The van der Waals surface area contributed by atoms with Crippen LogP contribution >= 0.6 is 22.7 Å². The number of hydrogen-bond donors (Lipinski definition) is 2. The SMILES string of the molecule is O=c1[nH]/c(=C/N=Nc2ccccc2)s/c1=C\c1cnc(NCCN2CCOCC2)s1. The summed E-state index contributed by atoms with van der Waals surface area (Å²) in [6.07, 6.45) is 5.18. The number of aromatic amines is 1. The average molecular weight is 443 g/mol. The molecule has 30 heavy (non-hydrogen) atoms. The number of hydrogen-bond acceptors (Lipinski definition) is 9. The van der Waals surface area contributed by atoms with E-state index in [1.54, 1.807) is 12.4 Å². The summed E-state index contributed by atoms with van der Waals surface area (Å²) in [5, 5.41) is 12.4. The molecule has 0 bridgehead atoms. The monoisotopic (exact) mass is 442 g/mol. The number of H-pyrrole nitrogens is 1. The number of rotatable bonds is 7. The molecule has 1 fully saturated rings. The summed E-state index contributed by atoms with van der Waals surface area (Å²) < 4.78 is 6.62. The van der Waals surface area contributed by atoms with Crippen LogP contribution in [0.3, 0.4) is 0 Å². The van der Waals surface area contributed by atoms with E-state index in [2.05, 4.69) is 30.4 Å². The smallest absolute Gasteiger partial charge is 0.266 e. The summed E-state index contributed by atoms with van der Waals surface area (Å²) in [4.78, 5) is 22.7. The quantitative estimate of drug-likeness (QED) is 0.546. The Morgan fingerprint density at radius 1 is 1.23 bits per heavy atom. The zero-order valence-electron chi connectivity index (χ0n) is 16.3. The highest BCUT2D eigenvalue weighted by atomic mass is 32.1. The number of azo groups is 1. The number of nitrogens with one attached hydrogen (secondary N) is 2. The molecule has 0 spiro atoms. The fraction of sp³-hybridized carbons (Fsp3) is 0.300. The van der Waals surface area contributed by atoms with Crippen LogP contribution in [0.4, 0.5) is 10.8 Å². The minimum Gasteiger partial charge on any atom is -0.379 e. The molecule has 0 aliphatic carbocycles. The lowest BCUT2D eigenvalue weighted by atomic mass is 10.3. The van der Waals surface area contributed by atoms with E-state index in [0.29, 0.717) is 9.20 Å². The van der Waals surface area contributed by atoms with Crippen molar-refractivity contribution in [2.24, 2.45) is 10.2 Å². The lowest BCUT2D eigenvalue weighted by Gasteiger charge is -2.26. The second-order valence-electron chi connectivity index (χ2n) is 6.56. The molecule has 3 aromatic rings. The largest absolute Gasteiger partial charge is 0.379 e. The topological polar surface area (TPSA) is 95.0 Å². The molecule has 3 heterocycles. The van der Waals surface area contributed by atoms with Crippen LogP contribution in [0.25, 0.3) is 12.3 Å². The van der Waals surface area contributed by atoms with E-state index in [0.717, 1.165) is 55.1 Å². The van der Waals surface area contributed by atoms with Gasteiger partial charge in [0.15, 0.2) is 5.13 Å². The third-order valence-corrected chi connectivity index (χ3v) is 6.24. The van der Waals surface area contributed by atoms with Gasteiger partial charge >= 0.3 is 0 Å². The third kappa shape index (κ3) is 5.92. The normalized spacial score (nSPS) is 16.5. The Bertz CT molecular complexity index is 1150. The molecular weight excluding hydrogens is 420 g/mol. The molecule has 156 valence electrons. The van der Waals surface area contributed by atoms with Crippen molar-refractivity contribution in [2.45, 2.75) is 0 Å². The maximum Gasteiger partial charge on any atom is 0.266 e. The lowest BCUT2D eigenvalue weighted by molar-refractivity contribution is 0.0398. The summed E-state index contributed by atoms with van der Waals surface area (Å²) in [5.41, 5.74) is 0.620. The van der Waals surface area contributed by atoms with Crippen molar-refractivity contribution in [3.8, 4) is 0 Å². The number of benzene rings is 1. The number of aromatic nitrogens is 2. The van der Waals surface area contributed by atoms with Crippen molar-refractivity contribution in [1.82, 2.24) is 14.9 Å². The van der Waals surface area contributed by atoms with Gasteiger partial charge in [-0.05, 0) is 18.2 Å². The zero-order chi connectivity index (χ0) is 20.6. The third-order valence-electron chi connectivity index (χ3n) is 4.39. The highest BCUT2D eigenvalue weighted by Crippen LogP contribution is 2.18. The number of morpholine rings is 1. The molecule has 10 heteroatoms. The fourth-order valence-corrected chi connectivity index (χ4v) is 4.54. The maximum absolute atomic E-state index is 12.2. The molecule has 0 saturated carbocycles. The standard InChI is InChI=1S/C20H22N6O2S2/c27-19-17(30-18(24-19)14-23-25-15-4-2-1-3-5-15)12-16-13-22-20(29-16)21-6-7-26-8-10-28-11-9-26/h1-5,12-14H,6-11H2,(H,21,22)(H,24,27)/b17-12-,18-14-,25-23?. The van der Waals surface area contributed by atoms with E-state index < -0.39 is 0 Å². The molecule has 0 amide bonds. The number of ether oxygens (including phenoxy) is 1. The summed E-state index contributed by atoms with van der Waals surface area (Å²) in [6, 6.07) is 9.45. The highest BCUT2D eigenvalue weighted by Gasteiger charge is 2.09. The van der Waals surface area contributed by atoms with Crippen LogP contribution in [-0.4, -0.2) is 54.3 Å². The van der Waals surface area contributed by atoms with Gasteiger partial charge in [0.25, 0.3) is 5.56 Å². The van der Waals surface area contributed by atoms with Crippen molar-refractivity contribution >= 4 is 45.8 Å². The summed E-state index contributed by atoms with van der Waals surface area (Å²) in [5.74, 6) is 0. The molecule has 0 atom stereocenters. The number of thiazole rings is 2. The van der Waals surface area contributed by atoms with Crippen molar-refractivity contribution < 1.29 is 4.74 Å². The highest BCUT2D eigenvalue weighted by molar-refractivity contribution is 7.16. The Morgan fingerprint density at radius 3 is 2.90 bits per heavy atom. The molecular formula is C20H22N6O2S2. The Balaban J connectivity index is 1.38. The molecule has 4 rings (SSSR count). The van der Waals surface area contributed by atoms with Crippen molar-refractivity contribution in [2.75, 3.05) is 44.7 Å². The minimum absolute atomic E-state index is 0.142. The van der Waals surface area contributed by atoms with Crippen LogP contribution in [0.15, 0.2) is 51.6 Å². The molecule has 0 radical (unpaired) electrons. The van der Waals surface area contributed by atoms with E-state index in [1.807, 2.05) is 36.4 Å². The van der Waals surface area contributed by atoms with Crippen LogP contribution in [0.5, 0.6) is 0 Å². The molecule has 1 aliphatic rings. The maximum atomic E-state index is 12.2. The number of anilines is 1. The van der Waals surface area contributed by atoms with E-state index in [-0.39, 0.29) is 5.56 Å². The van der Waals surface area contributed by atoms with Crippen LogP contribution in [0, 0.1) is 0 Å². The average Bonchev–Trinajstić information content (AvgIpc) is 3.36. The van der Waals surface area contributed by atoms with Gasteiger partial charge in [-0.2, -0.15) is 10.2 Å². The fourth-order valence-electron chi connectivity index (χ4n) is 2.87. The Hall–Kier alpha value is -2.66. The summed E-state index contributed by atoms with van der Waals surface area (Å²) in [7, 11) is 0. The van der Waals surface area contributed by atoms with Gasteiger partial charge in [-0.15, -0.1) is 11.3 Å². The van der Waals surface area contributed by atoms with E-state index in [4.69, 9.17) is 4.74 Å². The zero-order valence-corrected chi connectivity index (χ0v) is 17.9. The predicted molar refractivity (Wildman–Crippen MR) is 121 cm³/mol. The van der Waals surface area contributed by atoms with Gasteiger partial charge in [-0.1, -0.05) is 29.5 Å². The van der Waals surface area contributed by atoms with Gasteiger partial charge in [-0.3, -0.25) is 9.69 Å². The van der Waals surface area contributed by atoms with Crippen molar-refractivity contribution in [3.05, 3.63) is 61.0 Å². The summed E-state index contributed by atoms with van der Waals surface area (Å²) >= 11 is 2.87. The molecule has 1 aromatic carbocycles. The molecule has 1 aliphatic heterocycles.